The van der Waals surface area contributed by atoms with Crippen LogP contribution in [0.2, 0.25) is 0 Å². The summed E-state index contributed by atoms with van der Waals surface area (Å²) in [5, 5.41) is 0. The van der Waals surface area contributed by atoms with Gasteiger partial charge in [-0.2, -0.15) is 4.31 Å². The molecule has 1 aliphatic rings. The Bertz CT molecular complexity index is 978. The maximum absolute atomic E-state index is 13.0. The molecule has 7 heteroatoms. The highest BCUT2D eigenvalue weighted by Gasteiger charge is 2.24. The molecule has 0 bridgehead atoms. The molecular weight excluding hydrogens is 403 g/mol. The van der Waals surface area contributed by atoms with E-state index in [0.29, 0.717) is 19.6 Å². The van der Waals surface area contributed by atoms with Crippen LogP contribution in [0.25, 0.3) is 6.08 Å². The van der Waals surface area contributed by atoms with E-state index in [9.17, 15) is 17.6 Å². The summed E-state index contributed by atoms with van der Waals surface area (Å²) in [7, 11) is -1.80. The number of hydrogen-bond acceptors (Lipinski definition) is 3. The van der Waals surface area contributed by atoms with E-state index in [-0.39, 0.29) is 16.6 Å². The number of hydrogen-bond donors (Lipinski definition) is 0. The van der Waals surface area contributed by atoms with Gasteiger partial charge >= 0.3 is 0 Å². The van der Waals surface area contributed by atoms with Crippen LogP contribution in [0.1, 0.15) is 36.8 Å². The Morgan fingerprint density at radius 2 is 1.60 bits per heavy atom. The summed E-state index contributed by atoms with van der Waals surface area (Å²) in [4.78, 5) is 14.1. The molecule has 1 amide bonds. The fraction of sp³-hybridized carbons (Fsp3) is 0.348. The monoisotopic (exact) mass is 430 g/mol. The molecule has 160 valence electrons. The van der Waals surface area contributed by atoms with Crippen molar-refractivity contribution in [3.8, 4) is 0 Å². The maximum atomic E-state index is 13.0. The van der Waals surface area contributed by atoms with Crippen molar-refractivity contribution >= 4 is 22.0 Å². The van der Waals surface area contributed by atoms with Crippen LogP contribution in [0, 0.1) is 5.82 Å². The van der Waals surface area contributed by atoms with Gasteiger partial charge in [-0.1, -0.05) is 37.1 Å². The van der Waals surface area contributed by atoms with Crippen LogP contribution >= 0.6 is 0 Å². The van der Waals surface area contributed by atoms with Crippen molar-refractivity contribution in [2.75, 3.05) is 20.1 Å². The minimum absolute atomic E-state index is 0.194. The van der Waals surface area contributed by atoms with Crippen molar-refractivity contribution in [3.63, 3.8) is 0 Å². The van der Waals surface area contributed by atoms with Crippen molar-refractivity contribution < 1.29 is 17.6 Å². The molecule has 0 radical (unpaired) electrons. The first-order chi connectivity index (χ1) is 14.4. The van der Waals surface area contributed by atoms with E-state index in [2.05, 4.69) is 0 Å². The molecule has 5 nitrogen and oxygen atoms in total. The number of sulfonamides is 1. The lowest BCUT2D eigenvalue weighted by Gasteiger charge is -2.19. The number of rotatable bonds is 6. The quantitative estimate of drug-likeness (QED) is 0.650. The van der Waals surface area contributed by atoms with Crippen LogP contribution in [0.15, 0.2) is 59.5 Å². The average molecular weight is 431 g/mol. The number of nitrogens with zero attached hydrogens (tertiary/aromatic N) is 2. The standard InChI is InChI=1S/C23H27FN2O3S/c1-25(18-20-6-11-21(24)12-7-20)23(27)15-10-19-8-13-22(14-9-19)30(28,29)26-16-4-2-3-5-17-26/h6-15H,2-5,16-18H2,1H3/b15-10+. The van der Waals surface area contributed by atoms with Crippen LogP contribution in [-0.2, 0) is 21.4 Å². The Hall–Kier alpha value is -2.51. The zero-order chi connectivity index (χ0) is 21.6. The first-order valence-electron chi connectivity index (χ1n) is 10.1. The molecule has 0 aromatic heterocycles. The van der Waals surface area contributed by atoms with Gasteiger partial charge in [0.1, 0.15) is 5.82 Å². The SMILES string of the molecule is CN(Cc1ccc(F)cc1)C(=O)/C=C/c1ccc(S(=O)(=O)N2CCCCCC2)cc1. The lowest BCUT2D eigenvalue weighted by Crippen LogP contribution is -2.31. The summed E-state index contributed by atoms with van der Waals surface area (Å²) in [6.45, 7) is 1.51. The molecule has 1 fully saturated rings. The third-order valence-electron chi connectivity index (χ3n) is 5.21. The van der Waals surface area contributed by atoms with Gasteiger partial charge in [-0.15, -0.1) is 0 Å². The van der Waals surface area contributed by atoms with Crippen molar-refractivity contribution in [3.05, 3.63) is 71.6 Å². The molecule has 0 spiro atoms. The van der Waals surface area contributed by atoms with E-state index in [1.54, 1.807) is 53.8 Å². The second-order valence-electron chi connectivity index (χ2n) is 7.54. The van der Waals surface area contributed by atoms with E-state index >= 15 is 0 Å². The molecule has 1 heterocycles. The predicted molar refractivity (Wildman–Crippen MR) is 116 cm³/mol. The molecule has 1 saturated heterocycles. The van der Waals surface area contributed by atoms with Gasteiger partial charge in [0.05, 0.1) is 4.90 Å². The normalized spacial score (nSPS) is 15.8. The van der Waals surface area contributed by atoms with Gasteiger partial charge in [-0.3, -0.25) is 4.79 Å². The van der Waals surface area contributed by atoms with Crippen LogP contribution in [-0.4, -0.2) is 43.7 Å². The highest BCUT2D eigenvalue weighted by molar-refractivity contribution is 7.89. The number of benzene rings is 2. The Morgan fingerprint density at radius 3 is 2.20 bits per heavy atom. The topological polar surface area (TPSA) is 57.7 Å². The van der Waals surface area contributed by atoms with E-state index in [4.69, 9.17) is 0 Å². The van der Waals surface area contributed by atoms with E-state index in [1.807, 2.05) is 0 Å². The summed E-state index contributed by atoms with van der Waals surface area (Å²) in [5.74, 6) is -0.505. The van der Waals surface area contributed by atoms with Crippen molar-refractivity contribution in [1.29, 1.82) is 0 Å². The molecule has 3 rings (SSSR count). The summed E-state index contributed by atoms with van der Waals surface area (Å²) < 4.78 is 40.2. The highest BCUT2D eigenvalue weighted by Crippen LogP contribution is 2.21. The van der Waals surface area contributed by atoms with E-state index in [0.717, 1.165) is 36.8 Å². The minimum atomic E-state index is -3.48. The minimum Gasteiger partial charge on any atom is -0.338 e. The van der Waals surface area contributed by atoms with E-state index < -0.39 is 10.0 Å². The number of amides is 1. The molecule has 0 N–H and O–H groups in total. The van der Waals surface area contributed by atoms with E-state index in [1.165, 1.54) is 23.1 Å². The molecule has 0 atom stereocenters. The van der Waals surface area contributed by atoms with Gasteiger partial charge < -0.3 is 4.90 Å². The molecule has 2 aromatic carbocycles. The van der Waals surface area contributed by atoms with Gasteiger partial charge in [-0.25, -0.2) is 12.8 Å². The first-order valence-corrected chi connectivity index (χ1v) is 11.6. The largest absolute Gasteiger partial charge is 0.338 e. The molecule has 1 aliphatic heterocycles. The lowest BCUT2D eigenvalue weighted by molar-refractivity contribution is -0.125. The molecule has 2 aromatic rings. The van der Waals surface area contributed by atoms with Gasteiger partial charge in [0.25, 0.3) is 0 Å². The van der Waals surface area contributed by atoms with Crippen LogP contribution in [0.5, 0.6) is 0 Å². The molecule has 0 aliphatic carbocycles. The number of carbonyl (C=O) groups excluding carboxylic acids is 1. The zero-order valence-corrected chi connectivity index (χ0v) is 17.9. The van der Waals surface area contributed by atoms with Gasteiger partial charge in [-0.05, 0) is 54.3 Å². The third-order valence-corrected chi connectivity index (χ3v) is 7.12. The van der Waals surface area contributed by atoms with Crippen molar-refractivity contribution in [2.45, 2.75) is 37.1 Å². The Labute approximate surface area is 177 Å². The molecule has 0 saturated carbocycles. The summed E-state index contributed by atoms with van der Waals surface area (Å²) in [5.41, 5.74) is 1.58. The molecule has 30 heavy (non-hydrogen) atoms. The lowest BCUT2D eigenvalue weighted by atomic mass is 10.2. The Morgan fingerprint density at radius 1 is 1.00 bits per heavy atom. The Kier molecular flexibility index (Phi) is 7.39. The van der Waals surface area contributed by atoms with Crippen LogP contribution in [0.3, 0.4) is 0 Å². The summed E-state index contributed by atoms with van der Waals surface area (Å²) in [6.07, 6.45) is 7.04. The zero-order valence-electron chi connectivity index (χ0n) is 17.1. The fourth-order valence-corrected chi connectivity index (χ4v) is 4.94. The Balaban J connectivity index is 1.62. The summed E-state index contributed by atoms with van der Waals surface area (Å²) in [6, 6.07) is 12.6. The number of halogens is 1. The maximum Gasteiger partial charge on any atom is 0.246 e. The number of carbonyl (C=O) groups is 1. The summed E-state index contributed by atoms with van der Waals surface area (Å²) >= 11 is 0. The smallest absolute Gasteiger partial charge is 0.246 e. The van der Waals surface area contributed by atoms with Gasteiger partial charge in [0.2, 0.25) is 15.9 Å². The number of likely N-dealkylation sites (N-methyl/N-ethyl adjacent to an activating group) is 1. The molecular formula is C23H27FN2O3S. The fourth-order valence-electron chi connectivity index (χ4n) is 3.42. The highest BCUT2D eigenvalue weighted by atomic mass is 32.2. The van der Waals surface area contributed by atoms with Gasteiger partial charge in [0, 0.05) is 32.8 Å². The van der Waals surface area contributed by atoms with Crippen molar-refractivity contribution in [2.24, 2.45) is 0 Å². The average Bonchev–Trinajstić information content (AvgIpc) is 3.04. The second-order valence-corrected chi connectivity index (χ2v) is 9.48. The van der Waals surface area contributed by atoms with Crippen LogP contribution in [0.4, 0.5) is 4.39 Å². The third kappa shape index (κ3) is 5.77. The first kappa shape index (κ1) is 22.2. The predicted octanol–water partition coefficient (Wildman–Crippen LogP) is 4.06. The van der Waals surface area contributed by atoms with Crippen LogP contribution < -0.4 is 0 Å². The second kappa shape index (κ2) is 10.00. The van der Waals surface area contributed by atoms with Crippen molar-refractivity contribution in [1.82, 2.24) is 9.21 Å². The molecule has 0 unspecified atom stereocenters. The van der Waals surface area contributed by atoms with Gasteiger partial charge in [0.15, 0.2) is 0 Å².